The first-order valence-electron chi connectivity index (χ1n) is 10.9. The van der Waals surface area contributed by atoms with E-state index >= 15 is 0 Å². The molecule has 1 atom stereocenters. The third kappa shape index (κ3) is 8.47. The summed E-state index contributed by atoms with van der Waals surface area (Å²) in [6.45, 7) is 9.37. The Balaban J connectivity index is 1.98. The summed E-state index contributed by atoms with van der Waals surface area (Å²) in [5.41, 5.74) is 0.281. The van der Waals surface area contributed by atoms with Crippen LogP contribution in [0.3, 0.4) is 0 Å². The van der Waals surface area contributed by atoms with Crippen LogP contribution in [-0.2, 0) is 20.7 Å². The van der Waals surface area contributed by atoms with Gasteiger partial charge in [-0.2, -0.15) is 0 Å². The molecule has 8 heteroatoms. The van der Waals surface area contributed by atoms with Gasteiger partial charge in [-0.3, -0.25) is 4.79 Å². The number of hydrogen-bond donors (Lipinski definition) is 1. The molecule has 2 rings (SSSR count). The van der Waals surface area contributed by atoms with Gasteiger partial charge < -0.3 is 24.6 Å². The summed E-state index contributed by atoms with van der Waals surface area (Å²) >= 11 is 0. The van der Waals surface area contributed by atoms with E-state index in [2.05, 4.69) is 5.32 Å². The van der Waals surface area contributed by atoms with Gasteiger partial charge in [-0.15, -0.1) is 0 Å². The van der Waals surface area contributed by atoms with Crippen LogP contribution in [0.25, 0.3) is 0 Å². The molecular weight excluding hydrogens is 398 g/mol. The van der Waals surface area contributed by atoms with Crippen molar-refractivity contribution in [2.45, 2.75) is 58.6 Å². The molecule has 1 aromatic carbocycles. The van der Waals surface area contributed by atoms with Crippen molar-refractivity contribution < 1.29 is 23.9 Å². The van der Waals surface area contributed by atoms with E-state index in [0.717, 1.165) is 18.4 Å². The van der Waals surface area contributed by atoms with Crippen LogP contribution >= 0.6 is 0 Å². The molecular formula is C23H35N3O5. The van der Waals surface area contributed by atoms with Gasteiger partial charge in [0.05, 0.1) is 6.61 Å². The highest BCUT2D eigenvalue weighted by molar-refractivity contribution is 5.86. The molecule has 0 aromatic heterocycles. The fourth-order valence-corrected chi connectivity index (χ4v) is 3.22. The molecule has 31 heavy (non-hydrogen) atoms. The van der Waals surface area contributed by atoms with E-state index in [1.807, 2.05) is 37.3 Å². The lowest BCUT2D eigenvalue weighted by Gasteiger charge is -2.36. The normalized spacial score (nSPS) is 15.2. The van der Waals surface area contributed by atoms with Crippen LogP contribution in [-0.4, -0.2) is 72.3 Å². The second-order valence-corrected chi connectivity index (χ2v) is 8.67. The van der Waals surface area contributed by atoms with Crippen molar-refractivity contribution >= 4 is 18.1 Å². The van der Waals surface area contributed by atoms with Gasteiger partial charge in [0.15, 0.2) is 0 Å². The van der Waals surface area contributed by atoms with E-state index in [4.69, 9.17) is 9.47 Å². The van der Waals surface area contributed by atoms with Crippen LogP contribution in [0.5, 0.6) is 0 Å². The number of unbranched alkanes of at least 4 members (excludes halogenated alkanes) is 1. The molecule has 0 bridgehead atoms. The third-order valence-electron chi connectivity index (χ3n) is 4.84. The van der Waals surface area contributed by atoms with Crippen molar-refractivity contribution in [3.8, 4) is 0 Å². The van der Waals surface area contributed by atoms with Gasteiger partial charge >= 0.3 is 12.2 Å². The molecule has 1 fully saturated rings. The number of carbonyl (C=O) groups is 3. The lowest BCUT2D eigenvalue weighted by atomic mass is 10.0. The molecule has 0 saturated carbocycles. The first kappa shape index (κ1) is 24.5. The van der Waals surface area contributed by atoms with Crippen molar-refractivity contribution in [1.29, 1.82) is 0 Å². The quantitative estimate of drug-likeness (QED) is 0.667. The summed E-state index contributed by atoms with van der Waals surface area (Å²) in [5, 5.41) is 2.73. The molecule has 1 aromatic rings. The van der Waals surface area contributed by atoms with Gasteiger partial charge in [0.1, 0.15) is 11.6 Å². The van der Waals surface area contributed by atoms with Crippen molar-refractivity contribution in [1.82, 2.24) is 15.1 Å². The summed E-state index contributed by atoms with van der Waals surface area (Å²) in [4.78, 5) is 41.0. The third-order valence-corrected chi connectivity index (χ3v) is 4.84. The van der Waals surface area contributed by atoms with Crippen LogP contribution in [0.2, 0.25) is 0 Å². The van der Waals surface area contributed by atoms with Crippen molar-refractivity contribution in [2.24, 2.45) is 0 Å². The molecule has 0 aliphatic carbocycles. The topological polar surface area (TPSA) is 88.2 Å². The molecule has 0 spiro atoms. The molecule has 1 N–H and O–H groups in total. The Kier molecular flexibility index (Phi) is 9.15. The number of nitrogens with zero attached hydrogens (tertiary/aromatic N) is 2. The number of benzene rings is 1. The van der Waals surface area contributed by atoms with Crippen molar-refractivity contribution in [2.75, 3.05) is 32.8 Å². The maximum absolute atomic E-state index is 13.2. The van der Waals surface area contributed by atoms with Crippen LogP contribution in [0.15, 0.2) is 30.3 Å². The zero-order valence-electron chi connectivity index (χ0n) is 19.1. The molecule has 1 heterocycles. The van der Waals surface area contributed by atoms with Crippen molar-refractivity contribution in [3.63, 3.8) is 0 Å². The molecule has 172 valence electrons. The Bertz CT molecular complexity index is 724. The lowest BCUT2D eigenvalue weighted by Crippen LogP contribution is -2.56. The standard InChI is InChI=1S/C23H35N3O5/c1-5-6-16-30-22(29)26-14-12-25(13-15-26)20(27)19(17-18-10-8-7-9-11-18)24-21(28)31-23(2,3)4/h7-11,19H,5-6,12-17H2,1-4H3,(H,24,28). The summed E-state index contributed by atoms with van der Waals surface area (Å²) in [7, 11) is 0. The predicted molar refractivity (Wildman–Crippen MR) is 118 cm³/mol. The van der Waals surface area contributed by atoms with E-state index in [1.165, 1.54) is 0 Å². The summed E-state index contributed by atoms with van der Waals surface area (Å²) in [5.74, 6) is -0.186. The molecule has 1 unspecified atom stereocenters. The maximum Gasteiger partial charge on any atom is 0.409 e. The Morgan fingerprint density at radius 1 is 1.03 bits per heavy atom. The van der Waals surface area contributed by atoms with E-state index < -0.39 is 17.7 Å². The van der Waals surface area contributed by atoms with Crippen LogP contribution in [0.1, 0.15) is 46.1 Å². The van der Waals surface area contributed by atoms with E-state index in [1.54, 1.807) is 30.6 Å². The number of hydrogen-bond acceptors (Lipinski definition) is 5. The van der Waals surface area contributed by atoms with Gasteiger partial charge in [0, 0.05) is 32.6 Å². The molecule has 1 aliphatic heterocycles. The molecule has 8 nitrogen and oxygen atoms in total. The highest BCUT2D eigenvalue weighted by Gasteiger charge is 2.31. The fraction of sp³-hybridized carbons (Fsp3) is 0.609. The lowest BCUT2D eigenvalue weighted by molar-refractivity contribution is -0.135. The maximum atomic E-state index is 13.2. The molecule has 0 radical (unpaired) electrons. The molecule has 3 amide bonds. The van der Waals surface area contributed by atoms with Gasteiger partial charge in [0.25, 0.3) is 0 Å². The highest BCUT2D eigenvalue weighted by atomic mass is 16.6. The monoisotopic (exact) mass is 433 g/mol. The van der Waals surface area contributed by atoms with Crippen LogP contribution in [0, 0.1) is 0 Å². The number of piperazine rings is 1. The van der Waals surface area contributed by atoms with Crippen LogP contribution in [0.4, 0.5) is 9.59 Å². The first-order chi connectivity index (χ1) is 14.7. The number of nitrogens with one attached hydrogen (secondary N) is 1. The number of amides is 3. The van der Waals surface area contributed by atoms with Gasteiger partial charge in [-0.1, -0.05) is 43.7 Å². The van der Waals surface area contributed by atoms with E-state index in [0.29, 0.717) is 39.2 Å². The van der Waals surface area contributed by atoms with Crippen molar-refractivity contribution in [3.05, 3.63) is 35.9 Å². The number of alkyl carbamates (subject to hydrolysis) is 1. The van der Waals surface area contributed by atoms with Gasteiger partial charge in [0.2, 0.25) is 5.91 Å². The fourth-order valence-electron chi connectivity index (χ4n) is 3.22. The minimum atomic E-state index is -0.750. The highest BCUT2D eigenvalue weighted by Crippen LogP contribution is 2.12. The Morgan fingerprint density at radius 2 is 1.65 bits per heavy atom. The minimum absolute atomic E-state index is 0.186. The predicted octanol–water partition coefficient (Wildman–Crippen LogP) is 3.20. The average Bonchev–Trinajstić information content (AvgIpc) is 2.72. The smallest absolute Gasteiger partial charge is 0.409 e. The number of carbonyl (C=O) groups excluding carboxylic acids is 3. The van der Waals surface area contributed by atoms with Gasteiger partial charge in [-0.05, 0) is 32.8 Å². The number of rotatable bonds is 7. The second-order valence-electron chi connectivity index (χ2n) is 8.67. The molecule has 1 saturated heterocycles. The van der Waals surface area contributed by atoms with E-state index in [9.17, 15) is 14.4 Å². The summed E-state index contributed by atoms with van der Waals surface area (Å²) < 4.78 is 10.6. The Labute approximate surface area is 184 Å². The zero-order valence-corrected chi connectivity index (χ0v) is 19.1. The average molecular weight is 434 g/mol. The SMILES string of the molecule is CCCCOC(=O)N1CCN(C(=O)C(Cc2ccccc2)NC(=O)OC(C)(C)C)CC1. The van der Waals surface area contributed by atoms with Gasteiger partial charge in [-0.25, -0.2) is 9.59 Å². The zero-order chi connectivity index (χ0) is 22.9. The second kappa shape index (κ2) is 11.6. The first-order valence-corrected chi connectivity index (χ1v) is 10.9. The van der Waals surface area contributed by atoms with Crippen LogP contribution < -0.4 is 5.32 Å². The largest absolute Gasteiger partial charge is 0.449 e. The Morgan fingerprint density at radius 3 is 2.23 bits per heavy atom. The minimum Gasteiger partial charge on any atom is -0.449 e. The number of ether oxygens (including phenoxy) is 2. The molecule has 1 aliphatic rings. The van der Waals surface area contributed by atoms with E-state index in [-0.39, 0.29) is 12.0 Å². The summed E-state index contributed by atoms with van der Waals surface area (Å²) in [6.07, 6.45) is 1.19. The summed E-state index contributed by atoms with van der Waals surface area (Å²) in [6, 6.07) is 8.78. The Hall–Kier alpha value is -2.77.